The molecule has 2 aromatic rings. The molecule has 9 nitrogen and oxygen atoms in total. The van der Waals surface area contributed by atoms with Crippen LogP contribution in [-0.4, -0.2) is 50.5 Å². The van der Waals surface area contributed by atoms with Crippen LogP contribution >= 0.6 is 0 Å². The van der Waals surface area contributed by atoms with Crippen LogP contribution in [0.25, 0.3) is 0 Å². The van der Waals surface area contributed by atoms with Crippen LogP contribution in [0.3, 0.4) is 0 Å². The third-order valence-electron chi connectivity index (χ3n) is 4.36. The minimum atomic E-state index is -4.03. The van der Waals surface area contributed by atoms with Crippen LogP contribution in [0.1, 0.15) is 15.9 Å². The molecule has 0 unspecified atom stereocenters. The van der Waals surface area contributed by atoms with Crippen LogP contribution in [-0.2, 0) is 14.8 Å². The summed E-state index contributed by atoms with van der Waals surface area (Å²) in [7, 11) is -4.03. The first-order valence-electron chi connectivity index (χ1n) is 8.53. The van der Waals surface area contributed by atoms with Crippen LogP contribution < -0.4 is 4.72 Å². The molecule has 0 radical (unpaired) electrons. The Morgan fingerprint density at radius 3 is 2.57 bits per heavy atom. The number of sulfonamides is 1. The topological polar surface area (TPSA) is 119 Å². The molecular formula is C18H19N3O6S. The zero-order chi connectivity index (χ0) is 20.3. The van der Waals surface area contributed by atoms with E-state index in [0.29, 0.717) is 37.4 Å². The summed E-state index contributed by atoms with van der Waals surface area (Å²) < 4.78 is 33.0. The summed E-state index contributed by atoms with van der Waals surface area (Å²) >= 11 is 0. The van der Waals surface area contributed by atoms with Gasteiger partial charge in [0.2, 0.25) is 0 Å². The summed E-state index contributed by atoms with van der Waals surface area (Å²) in [6.45, 7) is 3.51. The number of benzene rings is 2. The largest absolute Gasteiger partial charge is 0.378 e. The second-order valence-electron chi connectivity index (χ2n) is 6.29. The molecule has 0 spiro atoms. The SMILES string of the molecule is Cc1ccc(S(=O)(=O)Nc2cccc([N+](=O)[O-])c2)cc1C(=O)N1CCOCC1. The lowest BCUT2D eigenvalue weighted by Gasteiger charge is -2.27. The van der Waals surface area contributed by atoms with Crippen molar-refractivity contribution < 1.29 is 22.9 Å². The van der Waals surface area contributed by atoms with Gasteiger partial charge in [0.15, 0.2) is 0 Å². The number of rotatable bonds is 5. The molecule has 2 aromatic carbocycles. The number of non-ortho nitro benzene ring substituents is 1. The molecule has 1 aliphatic heterocycles. The van der Waals surface area contributed by atoms with Gasteiger partial charge < -0.3 is 9.64 Å². The van der Waals surface area contributed by atoms with E-state index in [9.17, 15) is 23.3 Å². The molecule has 0 aromatic heterocycles. The Labute approximate surface area is 162 Å². The molecule has 1 saturated heterocycles. The van der Waals surface area contributed by atoms with Crippen molar-refractivity contribution in [2.24, 2.45) is 0 Å². The standard InChI is InChI=1S/C18H19N3O6S/c1-13-5-6-16(12-17(13)18(22)20-7-9-27-10-8-20)28(25,26)19-14-3-2-4-15(11-14)21(23)24/h2-6,11-12,19H,7-10H2,1H3. The molecule has 0 saturated carbocycles. The van der Waals surface area contributed by atoms with Gasteiger partial charge in [0.1, 0.15) is 0 Å². The molecule has 0 aliphatic carbocycles. The van der Waals surface area contributed by atoms with Crippen molar-refractivity contribution in [3.05, 3.63) is 63.7 Å². The maximum Gasteiger partial charge on any atom is 0.271 e. The van der Waals surface area contributed by atoms with Gasteiger partial charge in [-0.3, -0.25) is 19.6 Å². The van der Waals surface area contributed by atoms with Crippen LogP contribution in [0, 0.1) is 17.0 Å². The van der Waals surface area contributed by atoms with E-state index in [4.69, 9.17) is 4.74 Å². The van der Waals surface area contributed by atoms with Crippen LogP contribution in [0.5, 0.6) is 0 Å². The predicted molar refractivity (Wildman–Crippen MR) is 102 cm³/mol. The fourth-order valence-corrected chi connectivity index (χ4v) is 3.91. The summed E-state index contributed by atoms with van der Waals surface area (Å²) in [5.74, 6) is -0.256. The van der Waals surface area contributed by atoms with Gasteiger partial charge in [0.05, 0.1) is 28.7 Å². The number of carbonyl (C=O) groups is 1. The van der Waals surface area contributed by atoms with Crippen molar-refractivity contribution >= 4 is 27.3 Å². The zero-order valence-electron chi connectivity index (χ0n) is 15.1. The van der Waals surface area contributed by atoms with Gasteiger partial charge in [0, 0.05) is 30.8 Å². The number of aryl methyl sites for hydroxylation is 1. The average Bonchev–Trinajstić information content (AvgIpc) is 2.68. The average molecular weight is 405 g/mol. The molecule has 1 N–H and O–H groups in total. The predicted octanol–water partition coefficient (Wildman–Crippen LogP) is 2.18. The lowest BCUT2D eigenvalue weighted by Crippen LogP contribution is -2.41. The number of hydrogen-bond donors (Lipinski definition) is 1. The number of nitro groups is 1. The van der Waals surface area contributed by atoms with Crippen LogP contribution in [0.15, 0.2) is 47.4 Å². The lowest BCUT2D eigenvalue weighted by molar-refractivity contribution is -0.384. The summed E-state index contributed by atoms with van der Waals surface area (Å²) in [6.07, 6.45) is 0. The van der Waals surface area contributed by atoms with E-state index in [1.54, 1.807) is 17.9 Å². The Balaban J connectivity index is 1.89. The Morgan fingerprint density at radius 1 is 1.18 bits per heavy atom. The van der Waals surface area contributed by atoms with E-state index >= 15 is 0 Å². The Morgan fingerprint density at radius 2 is 1.89 bits per heavy atom. The number of carbonyl (C=O) groups excluding carboxylic acids is 1. The van der Waals surface area contributed by atoms with Gasteiger partial charge in [0.25, 0.3) is 21.6 Å². The Hall–Kier alpha value is -2.98. The quantitative estimate of drug-likeness (QED) is 0.601. The molecular weight excluding hydrogens is 386 g/mol. The molecule has 148 valence electrons. The molecule has 1 amide bonds. The van der Waals surface area contributed by atoms with Gasteiger partial charge in [-0.05, 0) is 30.7 Å². The van der Waals surface area contributed by atoms with Crippen molar-refractivity contribution in [3.8, 4) is 0 Å². The zero-order valence-corrected chi connectivity index (χ0v) is 15.9. The van der Waals surface area contributed by atoms with E-state index in [2.05, 4.69) is 4.72 Å². The summed E-state index contributed by atoms with van der Waals surface area (Å²) in [5.41, 5.74) is 0.790. The van der Waals surface area contributed by atoms with E-state index in [-0.39, 0.29) is 22.2 Å². The second-order valence-corrected chi connectivity index (χ2v) is 7.98. The number of nitro benzene ring substituents is 1. The number of anilines is 1. The number of hydrogen-bond acceptors (Lipinski definition) is 6. The molecule has 1 heterocycles. The highest BCUT2D eigenvalue weighted by atomic mass is 32.2. The molecule has 0 atom stereocenters. The smallest absolute Gasteiger partial charge is 0.271 e. The number of morpholine rings is 1. The number of nitrogens with zero attached hydrogens (tertiary/aromatic N) is 2. The summed E-state index contributed by atoms with van der Waals surface area (Å²) in [4.78, 5) is 24.5. The number of amides is 1. The fraction of sp³-hybridized carbons (Fsp3) is 0.278. The van der Waals surface area contributed by atoms with E-state index in [0.717, 1.165) is 6.07 Å². The highest BCUT2D eigenvalue weighted by Gasteiger charge is 2.23. The van der Waals surface area contributed by atoms with Crippen molar-refractivity contribution in [2.45, 2.75) is 11.8 Å². The minimum Gasteiger partial charge on any atom is -0.378 e. The lowest BCUT2D eigenvalue weighted by atomic mass is 10.1. The van der Waals surface area contributed by atoms with Gasteiger partial charge in [-0.1, -0.05) is 12.1 Å². The first-order chi connectivity index (χ1) is 13.3. The molecule has 0 bridgehead atoms. The summed E-state index contributed by atoms with van der Waals surface area (Å²) in [5, 5.41) is 10.9. The minimum absolute atomic E-state index is 0.0656. The Bertz CT molecular complexity index is 1020. The van der Waals surface area contributed by atoms with Gasteiger partial charge in [-0.25, -0.2) is 8.42 Å². The van der Waals surface area contributed by atoms with E-state index < -0.39 is 14.9 Å². The van der Waals surface area contributed by atoms with Crippen LogP contribution in [0.2, 0.25) is 0 Å². The van der Waals surface area contributed by atoms with Gasteiger partial charge >= 0.3 is 0 Å². The third-order valence-corrected chi connectivity index (χ3v) is 5.74. The highest BCUT2D eigenvalue weighted by molar-refractivity contribution is 7.92. The van der Waals surface area contributed by atoms with Crippen molar-refractivity contribution in [1.29, 1.82) is 0 Å². The van der Waals surface area contributed by atoms with Gasteiger partial charge in [-0.15, -0.1) is 0 Å². The first kappa shape index (κ1) is 19.8. The molecule has 1 fully saturated rings. The molecule has 1 aliphatic rings. The monoisotopic (exact) mass is 405 g/mol. The number of nitrogens with one attached hydrogen (secondary N) is 1. The highest BCUT2D eigenvalue weighted by Crippen LogP contribution is 2.23. The summed E-state index contributed by atoms with van der Waals surface area (Å²) in [6, 6.07) is 9.49. The molecule has 3 rings (SSSR count). The van der Waals surface area contributed by atoms with Crippen molar-refractivity contribution in [1.82, 2.24) is 4.90 Å². The second kappa shape index (κ2) is 7.95. The molecule has 28 heavy (non-hydrogen) atoms. The fourth-order valence-electron chi connectivity index (χ4n) is 2.83. The van der Waals surface area contributed by atoms with Crippen LogP contribution in [0.4, 0.5) is 11.4 Å². The Kier molecular flexibility index (Phi) is 5.61. The van der Waals surface area contributed by atoms with Crippen molar-refractivity contribution in [2.75, 3.05) is 31.0 Å². The third kappa shape index (κ3) is 4.29. The van der Waals surface area contributed by atoms with E-state index in [1.165, 1.54) is 30.3 Å². The first-order valence-corrected chi connectivity index (χ1v) is 10.0. The van der Waals surface area contributed by atoms with E-state index in [1.807, 2.05) is 0 Å². The number of ether oxygens (including phenoxy) is 1. The normalized spacial score (nSPS) is 14.5. The maximum absolute atomic E-state index is 12.8. The molecule has 10 heteroatoms. The van der Waals surface area contributed by atoms with Gasteiger partial charge in [-0.2, -0.15) is 0 Å². The maximum atomic E-state index is 12.8. The van der Waals surface area contributed by atoms with Crippen molar-refractivity contribution in [3.63, 3.8) is 0 Å².